The van der Waals surface area contributed by atoms with Crippen molar-refractivity contribution in [3.8, 4) is 0 Å². The molecule has 2 N–H and O–H groups in total. The molecule has 0 saturated carbocycles. The molecule has 0 radical (unpaired) electrons. The fourth-order valence-corrected chi connectivity index (χ4v) is 1.70. The summed E-state index contributed by atoms with van der Waals surface area (Å²) in [5, 5.41) is 6.32. The summed E-state index contributed by atoms with van der Waals surface area (Å²) in [7, 11) is 0. The van der Waals surface area contributed by atoms with Gasteiger partial charge in [0.25, 0.3) is 0 Å². The second-order valence-corrected chi connectivity index (χ2v) is 5.14. The Labute approximate surface area is 116 Å². The number of carbonyl (C=O) groups is 1. The van der Waals surface area contributed by atoms with Crippen LogP contribution in [0.3, 0.4) is 0 Å². The average molecular weight is 260 g/mol. The summed E-state index contributed by atoms with van der Waals surface area (Å²) in [5.41, 5.74) is 1.86. The van der Waals surface area contributed by atoms with Crippen molar-refractivity contribution in [2.24, 2.45) is 5.92 Å². The van der Waals surface area contributed by atoms with Crippen molar-refractivity contribution < 1.29 is 4.79 Å². The van der Waals surface area contributed by atoms with Gasteiger partial charge in [0, 0.05) is 23.3 Å². The summed E-state index contributed by atoms with van der Waals surface area (Å²) in [4.78, 5) is 11.6. The van der Waals surface area contributed by atoms with Crippen molar-refractivity contribution in [2.75, 3.05) is 10.6 Å². The highest BCUT2D eigenvalue weighted by Gasteiger charge is 2.07. The predicted octanol–water partition coefficient (Wildman–Crippen LogP) is 4.05. The van der Waals surface area contributed by atoms with E-state index in [4.69, 9.17) is 0 Å². The van der Waals surface area contributed by atoms with Crippen LogP contribution in [-0.2, 0) is 4.79 Å². The van der Waals surface area contributed by atoms with E-state index in [0.717, 1.165) is 24.2 Å². The Kier molecular flexibility index (Phi) is 6.13. The molecular weight excluding hydrogens is 236 g/mol. The summed E-state index contributed by atoms with van der Waals surface area (Å²) in [6.45, 7) is 9.64. The molecule has 104 valence electrons. The highest BCUT2D eigenvalue weighted by atomic mass is 16.1. The fourth-order valence-electron chi connectivity index (χ4n) is 1.70. The SMILES string of the molecule is C=CCCC(C)Nc1cccc(NC(=O)C(C)C)c1. The number of hydrogen-bond acceptors (Lipinski definition) is 2. The maximum atomic E-state index is 11.6. The topological polar surface area (TPSA) is 41.1 Å². The van der Waals surface area contributed by atoms with Crippen molar-refractivity contribution in [3.63, 3.8) is 0 Å². The molecule has 0 heterocycles. The number of nitrogens with one attached hydrogen (secondary N) is 2. The molecule has 0 aliphatic rings. The van der Waals surface area contributed by atoms with Crippen molar-refractivity contribution in [1.82, 2.24) is 0 Å². The van der Waals surface area contributed by atoms with Crippen molar-refractivity contribution in [3.05, 3.63) is 36.9 Å². The Hall–Kier alpha value is -1.77. The summed E-state index contributed by atoms with van der Waals surface area (Å²) in [5.74, 6) is 0.0278. The maximum absolute atomic E-state index is 11.6. The number of hydrogen-bond donors (Lipinski definition) is 2. The minimum absolute atomic E-state index is 0.0110. The van der Waals surface area contributed by atoms with Gasteiger partial charge in [-0.25, -0.2) is 0 Å². The van der Waals surface area contributed by atoms with E-state index >= 15 is 0 Å². The number of benzene rings is 1. The van der Waals surface area contributed by atoms with E-state index in [1.54, 1.807) is 0 Å². The molecule has 0 aliphatic carbocycles. The van der Waals surface area contributed by atoms with Crippen molar-refractivity contribution in [2.45, 2.75) is 39.7 Å². The summed E-state index contributed by atoms with van der Waals surface area (Å²) in [6, 6.07) is 8.20. The van der Waals surface area contributed by atoms with Gasteiger partial charge in [-0.1, -0.05) is 26.0 Å². The Morgan fingerprint density at radius 3 is 2.63 bits per heavy atom. The van der Waals surface area contributed by atoms with Gasteiger partial charge in [0.2, 0.25) is 5.91 Å². The number of rotatable bonds is 7. The van der Waals surface area contributed by atoms with Crippen molar-refractivity contribution in [1.29, 1.82) is 0 Å². The first-order valence-corrected chi connectivity index (χ1v) is 6.81. The van der Waals surface area contributed by atoms with Gasteiger partial charge in [-0.3, -0.25) is 4.79 Å². The number of allylic oxidation sites excluding steroid dienone is 1. The van der Waals surface area contributed by atoms with Crippen LogP contribution >= 0.6 is 0 Å². The normalized spacial score (nSPS) is 12.0. The van der Waals surface area contributed by atoms with Crippen LogP contribution in [0.25, 0.3) is 0 Å². The first kappa shape index (κ1) is 15.3. The van der Waals surface area contributed by atoms with Crippen LogP contribution in [0.15, 0.2) is 36.9 Å². The van der Waals surface area contributed by atoms with E-state index in [2.05, 4.69) is 24.1 Å². The quantitative estimate of drug-likeness (QED) is 0.726. The van der Waals surface area contributed by atoms with Crippen LogP contribution in [0.1, 0.15) is 33.6 Å². The van der Waals surface area contributed by atoms with Crippen LogP contribution < -0.4 is 10.6 Å². The molecule has 3 heteroatoms. The second-order valence-electron chi connectivity index (χ2n) is 5.14. The van der Waals surface area contributed by atoms with Gasteiger partial charge >= 0.3 is 0 Å². The molecular formula is C16H24N2O. The molecule has 1 aromatic rings. The zero-order chi connectivity index (χ0) is 14.3. The van der Waals surface area contributed by atoms with Crippen LogP contribution in [0.5, 0.6) is 0 Å². The van der Waals surface area contributed by atoms with Crippen LogP contribution in [0.4, 0.5) is 11.4 Å². The number of anilines is 2. The zero-order valence-electron chi connectivity index (χ0n) is 12.1. The highest BCUT2D eigenvalue weighted by molar-refractivity contribution is 5.92. The largest absolute Gasteiger partial charge is 0.383 e. The monoisotopic (exact) mass is 260 g/mol. The third-order valence-corrected chi connectivity index (χ3v) is 2.87. The van der Waals surface area contributed by atoms with Gasteiger partial charge in [-0.05, 0) is 38.0 Å². The van der Waals surface area contributed by atoms with Gasteiger partial charge in [-0.15, -0.1) is 6.58 Å². The van der Waals surface area contributed by atoms with Crippen LogP contribution in [0.2, 0.25) is 0 Å². The molecule has 1 atom stereocenters. The lowest BCUT2D eigenvalue weighted by molar-refractivity contribution is -0.118. The standard InChI is InChI=1S/C16H24N2O/c1-5-6-8-13(4)17-14-9-7-10-15(11-14)18-16(19)12(2)3/h5,7,9-13,17H,1,6,8H2,2-4H3,(H,18,19). The molecule has 1 rings (SSSR count). The summed E-state index contributed by atoms with van der Waals surface area (Å²) in [6.07, 6.45) is 3.97. The molecule has 0 aromatic heterocycles. The second kappa shape index (κ2) is 7.62. The maximum Gasteiger partial charge on any atom is 0.226 e. The number of carbonyl (C=O) groups excluding carboxylic acids is 1. The van der Waals surface area contributed by atoms with Gasteiger partial charge in [0.15, 0.2) is 0 Å². The molecule has 3 nitrogen and oxygen atoms in total. The third-order valence-electron chi connectivity index (χ3n) is 2.87. The lowest BCUT2D eigenvalue weighted by Crippen LogP contribution is -2.18. The third kappa shape index (κ3) is 5.60. The molecule has 0 fully saturated rings. The Morgan fingerprint density at radius 2 is 2.00 bits per heavy atom. The Bertz CT molecular complexity index is 427. The fraction of sp³-hybridized carbons (Fsp3) is 0.438. The molecule has 0 aliphatic heterocycles. The van der Waals surface area contributed by atoms with Gasteiger partial charge in [-0.2, -0.15) is 0 Å². The Balaban J connectivity index is 2.61. The smallest absolute Gasteiger partial charge is 0.226 e. The van der Waals surface area contributed by atoms with E-state index < -0.39 is 0 Å². The Morgan fingerprint density at radius 1 is 1.32 bits per heavy atom. The number of amides is 1. The van der Waals surface area contributed by atoms with Gasteiger partial charge in [0.1, 0.15) is 0 Å². The first-order chi connectivity index (χ1) is 9.02. The van der Waals surface area contributed by atoms with Gasteiger partial charge < -0.3 is 10.6 Å². The first-order valence-electron chi connectivity index (χ1n) is 6.81. The van der Waals surface area contributed by atoms with E-state index in [0.29, 0.717) is 6.04 Å². The lowest BCUT2D eigenvalue weighted by Gasteiger charge is -2.15. The molecule has 1 amide bonds. The summed E-state index contributed by atoms with van der Waals surface area (Å²) < 4.78 is 0. The van der Waals surface area contributed by atoms with Gasteiger partial charge in [0.05, 0.1) is 0 Å². The molecule has 1 aromatic carbocycles. The zero-order valence-corrected chi connectivity index (χ0v) is 12.1. The van der Waals surface area contributed by atoms with E-state index in [9.17, 15) is 4.79 Å². The van der Waals surface area contributed by atoms with Crippen LogP contribution in [0, 0.1) is 5.92 Å². The molecule has 19 heavy (non-hydrogen) atoms. The van der Waals surface area contributed by atoms with Crippen LogP contribution in [-0.4, -0.2) is 11.9 Å². The molecule has 1 unspecified atom stereocenters. The minimum Gasteiger partial charge on any atom is -0.383 e. The predicted molar refractivity (Wildman–Crippen MR) is 82.4 cm³/mol. The van der Waals surface area contributed by atoms with Crippen molar-refractivity contribution >= 4 is 17.3 Å². The van der Waals surface area contributed by atoms with E-state index in [1.807, 2.05) is 44.2 Å². The highest BCUT2D eigenvalue weighted by Crippen LogP contribution is 2.17. The lowest BCUT2D eigenvalue weighted by atomic mass is 10.1. The summed E-state index contributed by atoms with van der Waals surface area (Å²) >= 11 is 0. The van der Waals surface area contributed by atoms with E-state index in [1.165, 1.54) is 0 Å². The minimum atomic E-state index is -0.0110. The average Bonchev–Trinajstić information content (AvgIpc) is 2.36. The molecule has 0 bridgehead atoms. The molecule has 0 spiro atoms. The molecule has 0 saturated heterocycles. The van der Waals surface area contributed by atoms with E-state index in [-0.39, 0.29) is 11.8 Å².